The van der Waals surface area contributed by atoms with E-state index in [-0.39, 0.29) is 24.1 Å². The van der Waals surface area contributed by atoms with Crippen molar-refractivity contribution in [1.29, 1.82) is 0 Å². The molecule has 0 heterocycles. The van der Waals surface area contributed by atoms with Crippen LogP contribution < -0.4 is 10.6 Å². The molecule has 1 aliphatic carbocycles. The Labute approximate surface area is 116 Å². The highest BCUT2D eigenvalue weighted by Crippen LogP contribution is 2.37. The lowest BCUT2D eigenvalue weighted by Gasteiger charge is -2.30. The molecule has 0 bridgehead atoms. The van der Waals surface area contributed by atoms with Crippen LogP contribution in [0.3, 0.4) is 0 Å². The molecule has 112 valence electrons. The number of carbonyl (C=O) groups excluding carboxylic acids is 1. The van der Waals surface area contributed by atoms with Crippen LogP contribution in [0.5, 0.6) is 0 Å². The van der Waals surface area contributed by atoms with E-state index in [0.29, 0.717) is 6.54 Å². The molecule has 5 heteroatoms. The monoisotopic (exact) mass is 272 g/mol. The van der Waals surface area contributed by atoms with Gasteiger partial charge in [0.15, 0.2) is 0 Å². The minimum absolute atomic E-state index is 0.0842. The Hall–Kier alpha value is -0.810. The predicted molar refractivity (Wildman–Crippen MR) is 75.1 cm³/mol. The zero-order chi connectivity index (χ0) is 14.1. The van der Waals surface area contributed by atoms with E-state index < -0.39 is 0 Å². The molecule has 0 aromatic rings. The fraction of sp³-hybridized carbons (Fsp3) is 0.929. The van der Waals surface area contributed by atoms with Gasteiger partial charge in [0.1, 0.15) is 0 Å². The number of rotatable bonds is 8. The molecule has 2 atom stereocenters. The predicted octanol–water partition coefficient (Wildman–Crippen LogP) is 1.65. The molecule has 3 N–H and O–H groups in total. The summed E-state index contributed by atoms with van der Waals surface area (Å²) in [5.41, 5.74) is -0.160. The molecule has 0 aromatic heterocycles. The van der Waals surface area contributed by atoms with Gasteiger partial charge in [0, 0.05) is 31.2 Å². The van der Waals surface area contributed by atoms with Gasteiger partial charge in [-0.25, -0.2) is 4.79 Å². The van der Waals surface area contributed by atoms with Gasteiger partial charge < -0.3 is 20.5 Å². The summed E-state index contributed by atoms with van der Waals surface area (Å²) in [6.07, 6.45) is 4.88. The van der Waals surface area contributed by atoms with Gasteiger partial charge in [0.25, 0.3) is 0 Å². The maximum atomic E-state index is 11.8. The van der Waals surface area contributed by atoms with Gasteiger partial charge in [0.05, 0.1) is 6.61 Å². The highest BCUT2D eigenvalue weighted by Gasteiger charge is 2.38. The van der Waals surface area contributed by atoms with Gasteiger partial charge in [-0.3, -0.25) is 0 Å². The number of urea groups is 1. The zero-order valence-corrected chi connectivity index (χ0v) is 12.2. The van der Waals surface area contributed by atoms with Crippen molar-refractivity contribution in [2.45, 2.75) is 52.0 Å². The summed E-state index contributed by atoms with van der Waals surface area (Å²) in [7, 11) is 0. The normalized spacial score (nSPS) is 26.4. The van der Waals surface area contributed by atoms with Crippen LogP contribution in [0, 0.1) is 5.41 Å². The van der Waals surface area contributed by atoms with Crippen molar-refractivity contribution < 1.29 is 14.6 Å². The first-order chi connectivity index (χ1) is 9.12. The SMILES string of the molecule is CCOCCCCNC(=O)NC1CCCC1(C)CO. The van der Waals surface area contributed by atoms with Crippen LogP contribution in [0.2, 0.25) is 0 Å². The van der Waals surface area contributed by atoms with E-state index >= 15 is 0 Å². The number of ether oxygens (including phenoxy) is 1. The lowest BCUT2D eigenvalue weighted by Crippen LogP contribution is -2.48. The summed E-state index contributed by atoms with van der Waals surface area (Å²) in [5, 5.41) is 15.3. The number of hydrogen-bond donors (Lipinski definition) is 3. The van der Waals surface area contributed by atoms with Crippen LogP contribution in [-0.4, -0.2) is 43.5 Å². The second-order valence-electron chi connectivity index (χ2n) is 5.56. The largest absolute Gasteiger partial charge is 0.396 e. The average Bonchev–Trinajstić information content (AvgIpc) is 2.76. The Bertz CT molecular complexity index is 273. The molecule has 0 radical (unpaired) electrons. The third-order valence-electron chi connectivity index (χ3n) is 3.95. The van der Waals surface area contributed by atoms with Gasteiger partial charge in [-0.15, -0.1) is 0 Å². The third kappa shape index (κ3) is 5.37. The number of nitrogens with one attached hydrogen (secondary N) is 2. The third-order valence-corrected chi connectivity index (χ3v) is 3.95. The molecule has 0 aromatic carbocycles. The topological polar surface area (TPSA) is 70.6 Å². The van der Waals surface area contributed by atoms with E-state index in [4.69, 9.17) is 4.74 Å². The number of carbonyl (C=O) groups is 1. The van der Waals surface area contributed by atoms with Crippen molar-refractivity contribution in [3.8, 4) is 0 Å². The summed E-state index contributed by atoms with van der Waals surface area (Å²) in [6.45, 7) is 6.31. The van der Waals surface area contributed by atoms with Gasteiger partial charge >= 0.3 is 6.03 Å². The zero-order valence-electron chi connectivity index (χ0n) is 12.2. The Morgan fingerprint density at radius 2 is 2.26 bits per heavy atom. The average molecular weight is 272 g/mol. The summed E-state index contributed by atoms with van der Waals surface area (Å²) in [5.74, 6) is 0. The first-order valence-electron chi connectivity index (χ1n) is 7.35. The van der Waals surface area contributed by atoms with Gasteiger partial charge in [-0.2, -0.15) is 0 Å². The van der Waals surface area contributed by atoms with E-state index in [1.807, 2.05) is 13.8 Å². The highest BCUT2D eigenvalue weighted by molar-refractivity contribution is 5.74. The number of hydrogen-bond acceptors (Lipinski definition) is 3. The fourth-order valence-electron chi connectivity index (χ4n) is 2.55. The van der Waals surface area contributed by atoms with E-state index in [1.165, 1.54) is 0 Å². The molecule has 2 unspecified atom stereocenters. The summed E-state index contributed by atoms with van der Waals surface area (Å²) in [4.78, 5) is 11.8. The van der Waals surface area contributed by atoms with E-state index in [0.717, 1.165) is 45.3 Å². The lowest BCUT2D eigenvalue weighted by atomic mass is 9.86. The molecule has 1 saturated carbocycles. The molecule has 0 aliphatic heterocycles. The van der Waals surface area contributed by atoms with Crippen LogP contribution in [0.15, 0.2) is 0 Å². The Balaban J connectivity index is 2.14. The van der Waals surface area contributed by atoms with Crippen LogP contribution in [-0.2, 0) is 4.74 Å². The quantitative estimate of drug-likeness (QED) is 0.588. The van der Waals surface area contributed by atoms with Crippen molar-refractivity contribution in [2.24, 2.45) is 5.41 Å². The molecule has 19 heavy (non-hydrogen) atoms. The van der Waals surface area contributed by atoms with Crippen LogP contribution in [0.1, 0.15) is 46.0 Å². The summed E-state index contributed by atoms with van der Waals surface area (Å²) < 4.78 is 5.23. The maximum absolute atomic E-state index is 11.8. The Morgan fingerprint density at radius 1 is 1.47 bits per heavy atom. The van der Waals surface area contributed by atoms with Crippen LogP contribution in [0.25, 0.3) is 0 Å². The molecule has 1 aliphatic rings. The van der Waals surface area contributed by atoms with Crippen molar-refractivity contribution in [1.82, 2.24) is 10.6 Å². The van der Waals surface area contributed by atoms with Crippen LogP contribution in [0.4, 0.5) is 4.79 Å². The number of aliphatic hydroxyl groups is 1. The molecule has 5 nitrogen and oxygen atoms in total. The molecule has 1 rings (SSSR count). The minimum atomic E-state index is -0.160. The number of unbranched alkanes of at least 4 members (excludes halogenated alkanes) is 1. The maximum Gasteiger partial charge on any atom is 0.315 e. The second kappa shape index (κ2) is 8.38. The van der Waals surface area contributed by atoms with E-state index in [1.54, 1.807) is 0 Å². The summed E-state index contributed by atoms with van der Waals surface area (Å²) >= 11 is 0. The number of amides is 2. The first kappa shape index (κ1) is 16.2. The molecular formula is C14H28N2O3. The van der Waals surface area contributed by atoms with Crippen LogP contribution >= 0.6 is 0 Å². The molecule has 0 spiro atoms. The van der Waals surface area contributed by atoms with Crippen molar-refractivity contribution >= 4 is 6.03 Å². The van der Waals surface area contributed by atoms with Crippen molar-refractivity contribution in [3.05, 3.63) is 0 Å². The molecule has 0 saturated heterocycles. The molecular weight excluding hydrogens is 244 g/mol. The summed E-state index contributed by atoms with van der Waals surface area (Å²) in [6, 6.07) is -0.0380. The van der Waals surface area contributed by atoms with Gasteiger partial charge in [-0.1, -0.05) is 13.3 Å². The second-order valence-corrected chi connectivity index (χ2v) is 5.56. The fourth-order valence-corrected chi connectivity index (χ4v) is 2.55. The Kier molecular flexibility index (Phi) is 7.16. The number of aliphatic hydroxyl groups excluding tert-OH is 1. The standard InChI is InChI=1S/C14H28N2O3/c1-3-19-10-5-4-9-15-13(18)16-12-7-6-8-14(12,2)11-17/h12,17H,3-11H2,1-2H3,(H2,15,16,18). The molecule has 2 amide bonds. The minimum Gasteiger partial charge on any atom is -0.396 e. The van der Waals surface area contributed by atoms with Gasteiger partial charge in [0.2, 0.25) is 0 Å². The van der Waals surface area contributed by atoms with E-state index in [2.05, 4.69) is 10.6 Å². The lowest BCUT2D eigenvalue weighted by molar-refractivity contribution is 0.121. The van der Waals surface area contributed by atoms with Gasteiger partial charge in [-0.05, 0) is 32.6 Å². The van der Waals surface area contributed by atoms with Crippen molar-refractivity contribution in [2.75, 3.05) is 26.4 Å². The first-order valence-corrected chi connectivity index (χ1v) is 7.35. The van der Waals surface area contributed by atoms with E-state index in [9.17, 15) is 9.90 Å². The Morgan fingerprint density at radius 3 is 2.95 bits per heavy atom. The van der Waals surface area contributed by atoms with Crippen molar-refractivity contribution in [3.63, 3.8) is 0 Å². The highest BCUT2D eigenvalue weighted by atomic mass is 16.5. The smallest absolute Gasteiger partial charge is 0.315 e. The molecule has 1 fully saturated rings.